The van der Waals surface area contributed by atoms with E-state index in [2.05, 4.69) is 6.92 Å². The van der Waals surface area contributed by atoms with Gasteiger partial charge in [0.1, 0.15) is 6.10 Å². The van der Waals surface area contributed by atoms with E-state index in [1.807, 2.05) is 0 Å². The van der Waals surface area contributed by atoms with Crippen molar-refractivity contribution in [3.05, 3.63) is 0 Å². The van der Waals surface area contributed by atoms with Gasteiger partial charge < -0.3 is 14.2 Å². The molecule has 2 heterocycles. The highest BCUT2D eigenvalue weighted by Gasteiger charge is 2.63. The minimum atomic E-state index is -0.963. The maximum Gasteiger partial charge on any atom is 0.187 e. The van der Waals surface area contributed by atoms with Crippen molar-refractivity contribution in [2.45, 2.75) is 56.6 Å². The molecule has 2 saturated heterocycles. The van der Waals surface area contributed by atoms with Gasteiger partial charge in [-0.2, -0.15) is 0 Å². The molecule has 3 aliphatic rings. The van der Waals surface area contributed by atoms with Crippen molar-refractivity contribution in [3.63, 3.8) is 0 Å². The molecule has 2 aliphatic heterocycles. The Morgan fingerprint density at radius 3 is 2.63 bits per heavy atom. The maximum atomic E-state index is 6.28. The van der Waals surface area contributed by atoms with Crippen molar-refractivity contribution < 1.29 is 14.2 Å². The van der Waals surface area contributed by atoms with Gasteiger partial charge in [0.2, 0.25) is 0 Å². The molecule has 5 nitrogen and oxygen atoms in total. The van der Waals surface area contributed by atoms with Gasteiger partial charge in [0.15, 0.2) is 11.4 Å². The van der Waals surface area contributed by atoms with Crippen LogP contribution >= 0.6 is 0 Å². The predicted octanol–water partition coefficient (Wildman–Crippen LogP) is 0.958. The van der Waals surface area contributed by atoms with Crippen LogP contribution in [0.25, 0.3) is 0 Å². The van der Waals surface area contributed by atoms with E-state index in [-0.39, 0.29) is 6.10 Å². The molecule has 0 amide bonds. The lowest BCUT2D eigenvalue weighted by molar-refractivity contribution is -0.129. The minimum absolute atomic E-state index is 0.237. The molecular weight excluding hydrogens is 244 g/mol. The largest absolute Gasteiger partial charge is 0.371 e. The van der Waals surface area contributed by atoms with Gasteiger partial charge in [-0.15, -0.1) is 0 Å². The van der Waals surface area contributed by atoms with Crippen molar-refractivity contribution in [2.75, 3.05) is 19.8 Å². The molecule has 3 atom stereocenters. The number of rotatable bonds is 3. The van der Waals surface area contributed by atoms with E-state index in [0.717, 1.165) is 12.5 Å². The van der Waals surface area contributed by atoms with Gasteiger partial charge in [-0.25, -0.2) is 0 Å². The molecule has 3 rings (SSSR count). The molecule has 1 aliphatic carbocycles. The Hall–Kier alpha value is -0.200. The zero-order valence-electron chi connectivity index (χ0n) is 11.8. The molecule has 0 spiro atoms. The van der Waals surface area contributed by atoms with Crippen LogP contribution in [0.2, 0.25) is 0 Å². The van der Waals surface area contributed by atoms with Crippen LogP contribution in [-0.2, 0) is 14.2 Å². The lowest BCUT2D eigenvalue weighted by Gasteiger charge is -2.34. The van der Waals surface area contributed by atoms with Crippen LogP contribution in [0, 0.1) is 11.8 Å². The monoisotopic (exact) mass is 270 g/mol. The van der Waals surface area contributed by atoms with E-state index in [1.54, 1.807) is 0 Å². The Labute approximate surface area is 114 Å². The Bertz CT molecular complexity index is 333. The summed E-state index contributed by atoms with van der Waals surface area (Å²) in [5, 5.41) is 0. The number of nitrogens with two attached hydrogens (primary N) is 2. The van der Waals surface area contributed by atoms with Crippen LogP contribution in [0.15, 0.2) is 0 Å². The number of fused-ring (bicyclic) bond motifs is 1. The van der Waals surface area contributed by atoms with E-state index in [0.29, 0.717) is 25.6 Å². The van der Waals surface area contributed by atoms with Crippen molar-refractivity contribution in [1.82, 2.24) is 0 Å². The lowest BCUT2D eigenvalue weighted by Crippen LogP contribution is -2.65. The minimum Gasteiger partial charge on any atom is -0.371 e. The molecule has 19 heavy (non-hydrogen) atoms. The van der Waals surface area contributed by atoms with Crippen molar-refractivity contribution in [1.29, 1.82) is 0 Å². The third-order valence-electron chi connectivity index (χ3n) is 5.11. The van der Waals surface area contributed by atoms with Gasteiger partial charge in [0.05, 0.1) is 19.8 Å². The van der Waals surface area contributed by atoms with Gasteiger partial charge >= 0.3 is 0 Å². The van der Waals surface area contributed by atoms with Gasteiger partial charge in [-0.3, -0.25) is 11.5 Å². The molecule has 0 aromatic heterocycles. The highest BCUT2D eigenvalue weighted by Crippen LogP contribution is 2.41. The van der Waals surface area contributed by atoms with Crippen LogP contribution < -0.4 is 11.5 Å². The zero-order chi connectivity index (χ0) is 13.5. The molecule has 0 radical (unpaired) electrons. The quantitative estimate of drug-likeness (QED) is 0.798. The first-order valence-electron chi connectivity index (χ1n) is 7.51. The van der Waals surface area contributed by atoms with E-state index in [4.69, 9.17) is 25.7 Å². The summed E-state index contributed by atoms with van der Waals surface area (Å²) in [6, 6.07) is 0. The molecular formula is C14H26N2O3. The Morgan fingerprint density at radius 1 is 1.16 bits per heavy atom. The fraction of sp³-hybridized carbons (Fsp3) is 1.00. The second kappa shape index (κ2) is 4.97. The first kappa shape index (κ1) is 13.8. The third kappa shape index (κ3) is 2.32. The van der Waals surface area contributed by atoms with Gasteiger partial charge in [-0.1, -0.05) is 19.8 Å². The summed E-state index contributed by atoms with van der Waals surface area (Å²) in [6.07, 6.45) is 5.52. The average Bonchev–Trinajstić information content (AvgIpc) is 2.80. The van der Waals surface area contributed by atoms with Crippen LogP contribution in [0.5, 0.6) is 0 Å². The molecule has 0 bridgehead atoms. The second-order valence-corrected chi connectivity index (χ2v) is 6.54. The first-order chi connectivity index (χ1) is 9.03. The number of hydrogen-bond donors (Lipinski definition) is 2. The van der Waals surface area contributed by atoms with E-state index >= 15 is 0 Å². The molecule has 3 fully saturated rings. The maximum absolute atomic E-state index is 6.28. The van der Waals surface area contributed by atoms with Gasteiger partial charge in [0, 0.05) is 6.42 Å². The Morgan fingerprint density at radius 2 is 1.89 bits per heavy atom. The summed E-state index contributed by atoms with van der Waals surface area (Å²) in [4.78, 5) is 0. The summed E-state index contributed by atoms with van der Waals surface area (Å²) in [7, 11) is 0. The Kier molecular flexibility index (Phi) is 3.60. The molecule has 1 unspecified atom stereocenters. The standard InChI is InChI=1S/C14H26N2O3/c1-10-2-4-11(5-3-10)8-17-12-9-19-13(15)6-7-18-14(12,13)16/h10-12H,2-9,15-16H2,1H3/t10?,11?,12?,13-,14-/m1/s1. The molecule has 0 aromatic rings. The fourth-order valence-corrected chi connectivity index (χ4v) is 3.51. The van der Waals surface area contributed by atoms with Crippen molar-refractivity contribution in [2.24, 2.45) is 23.3 Å². The molecule has 4 N–H and O–H groups in total. The zero-order valence-corrected chi connectivity index (χ0v) is 11.8. The van der Waals surface area contributed by atoms with Crippen molar-refractivity contribution >= 4 is 0 Å². The fourth-order valence-electron chi connectivity index (χ4n) is 3.51. The summed E-state index contributed by atoms with van der Waals surface area (Å²) < 4.78 is 17.3. The molecule has 110 valence electrons. The SMILES string of the molecule is CC1CCC(COC2CO[C@]3(N)CCO[C@]23N)CC1. The van der Waals surface area contributed by atoms with E-state index < -0.39 is 11.4 Å². The normalized spacial score (nSPS) is 50.4. The molecule has 1 saturated carbocycles. The number of ether oxygens (including phenoxy) is 3. The van der Waals surface area contributed by atoms with E-state index in [9.17, 15) is 0 Å². The van der Waals surface area contributed by atoms with Crippen LogP contribution in [0.3, 0.4) is 0 Å². The summed E-state index contributed by atoms with van der Waals surface area (Å²) in [6.45, 7) is 4.06. The van der Waals surface area contributed by atoms with Gasteiger partial charge in [0.25, 0.3) is 0 Å². The van der Waals surface area contributed by atoms with Gasteiger partial charge in [-0.05, 0) is 24.7 Å². The Balaban J connectivity index is 1.53. The van der Waals surface area contributed by atoms with E-state index in [1.165, 1.54) is 25.7 Å². The highest BCUT2D eigenvalue weighted by atomic mass is 16.6. The van der Waals surface area contributed by atoms with Crippen LogP contribution in [0.4, 0.5) is 0 Å². The topological polar surface area (TPSA) is 79.7 Å². The predicted molar refractivity (Wildman–Crippen MR) is 71.2 cm³/mol. The summed E-state index contributed by atoms with van der Waals surface area (Å²) >= 11 is 0. The number of hydrogen-bond acceptors (Lipinski definition) is 5. The molecule has 0 aromatic carbocycles. The van der Waals surface area contributed by atoms with Crippen LogP contribution in [-0.4, -0.2) is 37.4 Å². The average molecular weight is 270 g/mol. The summed E-state index contributed by atoms with van der Waals surface area (Å²) in [5.41, 5.74) is 10.6. The first-order valence-corrected chi connectivity index (χ1v) is 7.51. The highest BCUT2D eigenvalue weighted by molar-refractivity contribution is 5.08. The smallest absolute Gasteiger partial charge is 0.187 e. The second-order valence-electron chi connectivity index (χ2n) is 6.54. The van der Waals surface area contributed by atoms with Crippen LogP contribution in [0.1, 0.15) is 39.0 Å². The van der Waals surface area contributed by atoms with Crippen molar-refractivity contribution in [3.8, 4) is 0 Å². The third-order valence-corrected chi connectivity index (χ3v) is 5.11. The summed E-state index contributed by atoms with van der Waals surface area (Å²) in [5.74, 6) is 1.51. The molecule has 5 heteroatoms. The lowest BCUT2D eigenvalue weighted by atomic mass is 9.83.